The zero-order valence-corrected chi connectivity index (χ0v) is 13.0. The molecule has 21 heavy (non-hydrogen) atoms. The van der Waals surface area contributed by atoms with E-state index < -0.39 is 0 Å². The van der Waals surface area contributed by atoms with Gasteiger partial charge in [-0.05, 0) is 50.6 Å². The molecule has 2 saturated heterocycles. The molecule has 4 nitrogen and oxygen atoms in total. The first kappa shape index (κ1) is 14.4. The number of methoxy groups -OCH3 is 1. The van der Waals surface area contributed by atoms with E-state index in [-0.39, 0.29) is 5.97 Å². The maximum absolute atomic E-state index is 11.8. The molecule has 0 N–H and O–H groups in total. The quantitative estimate of drug-likeness (QED) is 0.800. The number of carbonyl (C=O) groups excluding carboxylic acids is 1. The normalized spacial score (nSPS) is 20.2. The molecule has 2 aliphatic heterocycles. The van der Waals surface area contributed by atoms with Crippen molar-refractivity contribution in [3.63, 3.8) is 0 Å². The number of piperidine rings is 1. The van der Waals surface area contributed by atoms with Crippen LogP contribution in [-0.2, 0) is 4.74 Å². The van der Waals surface area contributed by atoms with E-state index >= 15 is 0 Å². The summed E-state index contributed by atoms with van der Waals surface area (Å²) in [5.74, 6) is -0.248. The molecule has 114 valence electrons. The monoisotopic (exact) mass is 288 g/mol. The molecular weight excluding hydrogens is 264 g/mol. The van der Waals surface area contributed by atoms with Gasteiger partial charge in [-0.15, -0.1) is 0 Å². The highest BCUT2D eigenvalue weighted by atomic mass is 16.5. The largest absolute Gasteiger partial charge is 0.465 e. The van der Waals surface area contributed by atoms with Crippen LogP contribution in [0.1, 0.15) is 35.2 Å². The molecule has 0 bridgehead atoms. The van der Waals surface area contributed by atoms with Crippen LogP contribution in [0.3, 0.4) is 0 Å². The highest BCUT2D eigenvalue weighted by Gasteiger charge is 2.32. The summed E-state index contributed by atoms with van der Waals surface area (Å²) in [6.07, 6.45) is 4.06. The Labute approximate surface area is 126 Å². The number of anilines is 1. The Bertz CT molecular complexity index is 518. The van der Waals surface area contributed by atoms with Gasteiger partial charge >= 0.3 is 5.97 Å². The van der Waals surface area contributed by atoms with Crippen LogP contribution < -0.4 is 4.90 Å². The van der Waals surface area contributed by atoms with Crippen molar-refractivity contribution in [1.29, 1.82) is 0 Å². The van der Waals surface area contributed by atoms with Gasteiger partial charge in [0, 0.05) is 24.8 Å². The Morgan fingerprint density at radius 1 is 1.19 bits per heavy atom. The Morgan fingerprint density at radius 2 is 1.90 bits per heavy atom. The van der Waals surface area contributed by atoms with E-state index in [1.807, 2.05) is 19.1 Å². The number of nitrogens with zero attached hydrogens (tertiary/aromatic N) is 2. The second-order valence-corrected chi connectivity index (χ2v) is 6.15. The van der Waals surface area contributed by atoms with E-state index in [0.717, 1.165) is 24.3 Å². The van der Waals surface area contributed by atoms with Gasteiger partial charge < -0.3 is 9.64 Å². The van der Waals surface area contributed by atoms with Crippen molar-refractivity contribution in [2.75, 3.05) is 38.2 Å². The van der Waals surface area contributed by atoms with E-state index in [9.17, 15) is 4.79 Å². The van der Waals surface area contributed by atoms with Crippen LogP contribution in [0.2, 0.25) is 0 Å². The molecule has 0 aliphatic carbocycles. The van der Waals surface area contributed by atoms with Crippen molar-refractivity contribution in [1.82, 2.24) is 4.90 Å². The van der Waals surface area contributed by atoms with E-state index in [4.69, 9.17) is 4.74 Å². The lowest BCUT2D eigenvalue weighted by Crippen LogP contribution is -2.60. The standard InChI is InChI=1S/C17H24N2O2/c1-13-6-7-14(10-16(13)17(20)21-2)19-11-15(12-19)18-8-4-3-5-9-18/h6-7,10,15H,3-5,8-9,11-12H2,1-2H3. The van der Waals surface area contributed by atoms with Gasteiger partial charge in [-0.25, -0.2) is 4.79 Å². The van der Waals surface area contributed by atoms with Gasteiger partial charge in [0.2, 0.25) is 0 Å². The molecule has 1 aromatic carbocycles. The lowest BCUT2D eigenvalue weighted by molar-refractivity contribution is 0.0600. The van der Waals surface area contributed by atoms with Crippen LogP contribution >= 0.6 is 0 Å². The van der Waals surface area contributed by atoms with Crippen LogP contribution in [0.15, 0.2) is 18.2 Å². The number of carbonyl (C=O) groups is 1. The third-order valence-corrected chi connectivity index (χ3v) is 4.76. The SMILES string of the molecule is COC(=O)c1cc(N2CC(N3CCCCC3)C2)ccc1C. The maximum atomic E-state index is 11.8. The van der Waals surface area contributed by atoms with Crippen molar-refractivity contribution < 1.29 is 9.53 Å². The highest BCUT2D eigenvalue weighted by Crippen LogP contribution is 2.27. The van der Waals surface area contributed by atoms with E-state index in [2.05, 4.69) is 15.9 Å². The predicted molar refractivity (Wildman–Crippen MR) is 83.9 cm³/mol. The van der Waals surface area contributed by atoms with Gasteiger partial charge in [0.25, 0.3) is 0 Å². The number of benzene rings is 1. The Kier molecular flexibility index (Phi) is 4.15. The summed E-state index contributed by atoms with van der Waals surface area (Å²) in [4.78, 5) is 16.8. The van der Waals surface area contributed by atoms with Crippen LogP contribution in [0.5, 0.6) is 0 Å². The molecular formula is C17H24N2O2. The Morgan fingerprint density at radius 3 is 2.57 bits per heavy atom. The summed E-state index contributed by atoms with van der Waals surface area (Å²) in [5, 5.41) is 0. The lowest BCUT2D eigenvalue weighted by Gasteiger charge is -2.48. The molecule has 0 aromatic heterocycles. The van der Waals surface area contributed by atoms with Crippen LogP contribution in [0, 0.1) is 6.92 Å². The Hall–Kier alpha value is -1.55. The predicted octanol–water partition coefficient (Wildman–Crippen LogP) is 2.46. The zero-order chi connectivity index (χ0) is 14.8. The summed E-state index contributed by atoms with van der Waals surface area (Å²) >= 11 is 0. The minimum Gasteiger partial charge on any atom is -0.465 e. The number of ether oxygens (including phenoxy) is 1. The molecule has 1 aromatic rings. The summed E-state index contributed by atoms with van der Waals surface area (Å²) in [5.41, 5.74) is 2.78. The number of likely N-dealkylation sites (tertiary alicyclic amines) is 1. The Balaban J connectivity index is 1.65. The molecule has 0 radical (unpaired) electrons. The summed E-state index contributed by atoms with van der Waals surface area (Å²) in [6, 6.07) is 6.77. The average Bonchev–Trinajstić information content (AvgIpc) is 2.48. The van der Waals surface area contributed by atoms with Crippen molar-refractivity contribution in [2.45, 2.75) is 32.2 Å². The average molecular weight is 288 g/mol. The number of hydrogen-bond donors (Lipinski definition) is 0. The van der Waals surface area contributed by atoms with Crippen LogP contribution in [-0.4, -0.2) is 50.2 Å². The molecule has 2 fully saturated rings. The second kappa shape index (κ2) is 6.06. The minimum atomic E-state index is -0.248. The van der Waals surface area contributed by atoms with Crippen molar-refractivity contribution >= 4 is 11.7 Å². The smallest absolute Gasteiger partial charge is 0.338 e. The van der Waals surface area contributed by atoms with E-state index in [1.165, 1.54) is 39.5 Å². The summed E-state index contributed by atoms with van der Waals surface area (Å²) < 4.78 is 4.85. The van der Waals surface area contributed by atoms with Gasteiger partial charge in [0.05, 0.1) is 12.7 Å². The van der Waals surface area contributed by atoms with Gasteiger partial charge in [0.1, 0.15) is 0 Å². The first-order chi connectivity index (χ1) is 10.2. The summed E-state index contributed by atoms with van der Waals surface area (Å²) in [7, 11) is 1.43. The molecule has 0 amide bonds. The molecule has 2 heterocycles. The highest BCUT2D eigenvalue weighted by molar-refractivity contribution is 5.92. The number of hydrogen-bond acceptors (Lipinski definition) is 4. The number of esters is 1. The fourth-order valence-corrected chi connectivity index (χ4v) is 3.32. The number of rotatable bonds is 3. The van der Waals surface area contributed by atoms with E-state index in [0.29, 0.717) is 11.6 Å². The zero-order valence-electron chi connectivity index (χ0n) is 13.0. The maximum Gasteiger partial charge on any atom is 0.338 e. The van der Waals surface area contributed by atoms with Gasteiger partial charge in [-0.1, -0.05) is 12.5 Å². The first-order valence-corrected chi connectivity index (χ1v) is 7.87. The molecule has 0 spiro atoms. The molecule has 0 saturated carbocycles. The van der Waals surface area contributed by atoms with Crippen molar-refractivity contribution in [2.24, 2.45) is 0 Å². The molecule has 2 aliphatic rings. The third kappa shape index (κ3) is 2.91. The van der Waals surface area contributed by atoms with Gasteiger partial charge in [-0.2, -0.15) is 0 Å². The van der Waals surface area contributed by atoms with Crippen molar-refractivity contribution in [3.05, 3.63) is 29.3 Å². The van der Waals surface area contributed by atoms with Crippen LogP contribution in [0.25, 0.3) is 0 Å². The van der Waals surface area contributed by atoms with Gasteiger partial charge in [0.15, 0.2) is 0 Å². The minimum absolute atomic E-state index is 0.248. The topological polar surface area (TPSA) is 32.8 Å². The van der Waals surface area contributed by atoms with Gasteiger partial charge in [-0.3, -0.25) is 4.90 Å². The molecule has 3 rings (SSSR count). The molecule has 4 heteroatoms. The number of aryl methyl sites for hydroxylation is 1. The van der Waals surface area contributed by atoms with Crippen LogP contribution in [0.4, 0.5) is 5.69 Å². The fourth-order valence-electron chi connectivity index (χ4n) is 3.32. The van der Waals surface area contributed by atoms with E-state index in [1.54, 1.807) is 0 Å². The lowest BCUT2D eigenvalue weighted by atomic mass is 10.0. The molecule has 0 unspecified atom stereocenters. The van der Waals surface area contributed by atoms with Crippen molar-refractivity contribution in [3.8, 4) is 0 Å². The second-order valence-electron chi connectivity index (χ2n) is 6.15. The third-order valence-electron chi connectivity index (χ3n) is 4.76. The first-order valence-electron chi connectivity index (χ1n) is 7.87. The summed E-state index contributed by atoms with van der Waals surface area (Å²) in [6.45, 7) is 6.59. The fraction of sp³-hybridized carbons (Fsp3) is 0.588. The molecule has 0 atom stereocenters.